The molecule has 2 aromatic carbocycles. The highest BCUT2D eigenvalue weighted by Gasteiger charge is 2.50. The van der Waals surface area contributed by atoms with E-state index in [1.54, 1.807) is 6.92 Å². The third-order valence-electron chi connectivity index (χ3n) is 11.6. The zero-order valence-electron chi connectivity index (χ0n) is 30.1. The van der Waals surface area contributed by atoms with E-state index >= 15 is 0 Å². The molecular weight excluding hydrogens is 720 g/mol. The number of ether oxygens (including phenoxy) is 3. The van der Waals surface area contributed by atoms with Gasteiger partial charge in [-0.2, -0.15) is 0 Å². The van der Waals surface area contributed by atoms with Gasteiger partial charge in [-0.3, -0.25) is 33.7 Å². The van der Waals surface area contributed by atoms with Crippen molar-refractivity contribution >= 4 is 35.1 Å². The van der Waals surface area contributed by atoms with Crippen LogP contribution in [0.25, 0.3) is 0 Å². The number of methoxy groups -OCH3 is 1. The van der Waals surface area contributed by atoms with E-state index in [2.05, 4.69) is 5.32 Å². The standard InChI is InChI=1S/C39H42N2O14/c1-17-33(46)22(40-38(51)19-8-6-18(7-9-19)15-41-26(44)10-11-27(41)45)12-28(54-17)55-24-14-39(52,25(43)16-42)13-21-30(24)37(50)32-31(35(21)48)34(47)20-4-3-5-23(53-2)29(20)36(32)49/h3-5,10-11,17-19,22,24,28,33,42,46,48,50,52H,6-9,12-16H2,1-2H3,(H,40,51)/t17-,18?,19?,22-,24-,28-,33+,39-/m0/s1. The Hall–Kier alpha value is -5.00. The number of fused-ring (bicyclic) bond motifs is 3. The molecule has 2 aliphatic heterocycles. The number of ketones is 3. The van der Waals surface area contributed by atoms with E-state index in [4.69, 9.17) is 14.2 Å². The van der Waals surface area contributed by atoms with Gasteiger partial charge in [0.2, 0.25) is 11.7 Å². The molecule has 6 N–H and O–H groups in total. The van der Waals surface area contributed by atoms with Gasteiger partial charge in [0.25, 0.3) is 11.8 Å². The van der Waals surface area contributed by atoms with Crippen LogP contribution in [0, 0.1) is 11.8 Å². The Balaban J connectivity index is 1.13. The van der Waals surface area contributed by atoms with Crippen molar-refractivity contribution in [2.24, 2.45) is 11.8 Å². The molecule has 2 heterocycles. The number of nitrogens with one attached hydrogen (secondary N) is 1. The van der Waals surface area contributed by atoms with Crippen LogP contribution in [0.1, 0.15) is 94.5 Å². The molecule has 16 nitrogen and oxygen atoms in total. The van der Waals surface area contributed by atoms with Crippen molar-refractivity contribution in [3.63, 3.8) is 0 Å². The summed E-state index contributed by atoms with van der Waals surface area (Å²) < 4.78 is 17.5. The molecule has 3 amide bonds. The van der Waals surface area contributed by atoms with E-state index in [1.807, 2.05) is 0 Å². The highest BCUT2D eigenvalue weighted by molar-refractivity contribution is 6.31. The van der Waals surface area contributed by atoms with Gasteiger partial charge in [0, 0.05) is 60.6 Å². The number of rotatable bonds is 9. The minimum Gasteiger partial charge on any atom is -0.507 e. The number of aliphatic hydroxyl groups excluding tert-OH is 2. The summed E-state index contributed by atoms with van der Waals surface area (Å²) in [5, 5.41) is 58.7. The van der Waals surface area contributed by atoms with Crippen molar-refractivity contribution in [1.82, 2.24) is 10.2 Å². The van der Waals surface area contributed by atoms with Gasteiger partial charge in [-0.05, 0) is 44.6 Å². The molecule has 1 saturated carbocycles. The highest BCUT2D eigenvalue weighted by Crippen LogP contribution is 2.52. The number of aliphatic hydroxyl groups is 3. The first kappa shape index (κ1) is 38.3. The number of aromatic hydroxyl groups is 2. The van der Waals surface area contributed by atoms with Crippen LogP contribution in [0.15, 0.2) is 30.4 Å². The number of carbonyl (C=O) groups is 6. The molecule has 292 valence electrons. The Morgan fingerprint density at radius 2 is 1.65 bits per heavy atom. The van der Waals surface area contributed by atoms with Crippen molar-refractivity contribution in [3.8, 4) is 17.2 Å². The average molecular weight is 763 g/mol. The average Bonchev–Trinajstić information content (AvgIpc) is 3.48. The second-order valence-corrected chi connectivity index (χ2v) is 14.9. The van der Waals surface area contributed by atoms with Crippen LogP contribution in [0.2, 0.25) is 0 Å². The smallest absolute Gasteiger partial charge is 0.253 e. The molecule has 0 bridgehead atoms. The fourth-order valence-corrected chi connectivity index (χ4v) is 8.64. The van der Waals surface area contributed by atoms with E-state index in [-0.39, 0.29) is 64.6 Å². The number of imide groups is 1. The first-order chi connectivity index (χ1) is 26.2. The van der Waals surface area contributed by atoms with Crippen LogP contribution >= 0.6 is 0 Å². The van der Waals surface area contributed by atoms with Crippen molar-refractivity contribution in [2.45, 2.75) is 88.1 Å². The van der Waals surface area contributed by atoms with Crippen molar-refractivity contribution in [2.75, 3.05) is 20.3 Å². The number of phenols is 2. The minimum atomic E-state index is -2.34. The molecule has 6 atom stereocenters. The molecule has 7 rings (SSSR count). The predicted octanol–water partition coefficient (Wildman–Crippen LogP) is 0.890. The molecule has 1 saturated heterocycles. The Labute approximate surface area is 314 Å². The van der Waals surface area contributed by atoms with E-state index < -0.39 is 102 Å². The number of carbonyl (C=O) groups excluding carboxylic acids is 6. The fraction of sp³-hybridized carbons (Fsp3) is 0.487. The summed E-state index contributed by atoms with van der Waals surface area (Å²) >= 11 is 0. The molecule has 16 heteroatoms. The van der Waals surface area contributed by atoms with Gasteiger partial charge in [0.05, 0.1) is 42.0 Å². The first-order valence-corrected chi connectivity index (χ1v) is 18.2. The summed E-state index contributed by atoms with van der Waals surface area (Å²) in [5.74, 6) is -5.44. The quantitative estimate of drug-likeness (QED) is 0.131. The van der Waals surface area contributed by atoms with Gasteiger partial charge < -0.3 is 45.1 Å². The second-order valence-electron chi connectivity index (χ2n) is 14.9. The minimum absolute atomic E-state index is 0.0460. The molecule has 5 aliphatic rings. The molecule has 2 fully saturated rings. The number of phenolic OH excluding ortho intramolecular Hbond substituents is 2. The lowest BCUT2D eigenvalue weighted by Gasteiger charge is -2.43. The van der Waals surface area contributed by atoms with Gasteiger partial charge in [-0.25, -0.2) is 0 Å². The maximum absolute atomic E-state index is 13.9. The zero-order valence-corrected chi connectivity index (χ0v) is 30.1. The van der Waals surface area contributed by atoms with Crippen molar-refractivity contribution in [1.29, 1.82) is 0 Å². The largest absolute Gasteiger partial charge is 0.507 e. The molecule has 3 aliphatic carbocycles. The Kier molecular flexibility index (Phi) is 10.1. The lowest BCUT2D eigenvalue weighted by atomic mass is 9.72. The lowest BCUT2D eigenvalue weighted by Crippen LogP contribution is -2.56. The van der Waals surface area contributed by atoms with Gasteiger partial charge in [-0.1, -0.05) is 12.1 Å². The third kappa shape index (κ3) is 6.61. The molecule has 0 radical (unpaired) electrons. The number of hydrogen-bond acceptors (Lipinski definition) is 14. The molecule has 0 spiro atoms. The van der Waals surface area contributed by atoms with Gasteiger partial charge in [-0.15, -0.1) is 0 Å². The van der Waals surface area contributed by atoms with Crippen molar-refractivity contribution < 1.29 is 68.5 Å². The van der Waals surface area contributed by atoms with E-state index in [9.17, 15) is 54.3 Å². The molecule has 0 aromatic heterocycles. The van der Waals surface area contributed by atoms with Gasteiger partial charge in [0.1, 0.15) is 35.6 Å². The Morgan fingerprint density at radius 3 is 2.31 bits per heavy atom. The summed E-state index contributed by atoms with van der Waals surface area (Å²) in [5.41, 5.74) is -4.03. The molecule has 0 unspecified atom stereocenters. The molecular formula is C39H42N2O14. The monoisotopic (exact) mass is 762 g/mol. The van der Waals surface area contributed by atoms with Gasteiger partial charge >= 0.3 is 0 Å². The third-order valence-corrected chi connectivity index (χ3v) is 11.6. The van der Waals surface area contributed by atoms with Crippen LogP contribution in [-0.4, -0.2) is 116 Å². The maximum atomic E-state index is 13.9. The number of hydrogen-bond donors (Lipinski definition) is 6. The van der Waals surface area contributed by atoms with Crippen molar-refractivity contribution in [3.05, 3.63) is 63.7 Å². The van der Waals surface area contributed by atoms with Crippen LogP contribution in [0.3, 0.4) is 0 Å². The number of amides is 3. The summed E-state index contributed by atoms with van der Waals surface area (Å²) in [7, 11) is 1.31. The van der Waals surface area contributed by atoms with E-state index in [1.165, 1.54) is 42.4 Å². The summed E-state index contributed by atoms with van der Waals surface area (Å²) in [6.07, 6.45) is -1.42. The van der Waals surface area contributed by atoms with Crippen LogP contribution in [0.5, 0.6) is 17.2 Å². The van der Waals surface area contributed by atoms with E-state index in [0.29, 0.717) is 25.7 Å². The predicted molar refractivity (Wildman–Crippen MR) is 187 cm³/mol. The Bertz CT molecular complexity index is 2000. The number of benzene rings is 2. The first-order valence-electron chi connectivity index (χ1n) is 18.2. The second kappa shape index (κ2) is 14.6. The summed E-state index contributed by atoms with van der Waals surface area (Å²) in [4.78, 5) is 79.3. The van der Waals surface area contributed by atoms with Crippen LogP contribution in [-0.2, 0) is 35.1 Å². The van der Waals surface area contributed by atoms with Gasteiger partial charge in [0.15, 0.2) is 17.9 Å². The number of Topliss-reactive ketones (excluding diaryl/α,β-unsaturated/α-hetero) is 1. The fourth-order valence-electron chi connectivity index (χ4n) is 8.64. The number of nitrogens with zero attached hydrogens (tertiary/aromatic N) is 1. The molecule has 55 heavy (non-hydrogen) atoms. The van der Waals surface area contributed by atoms with E-state index in [0.717, 1.165) is 0 Å². The van der Waals surface area contributed by atoms with Crippen LogP contribution in [0.4, 0.5) is 0 Å². The maximum Gasteiger partial charge on any atom is 0.253 e. The zero-order chi connectivity index (χ0) is 39.5. The van der Waals surface area contributed by atoms with Crippen LogP contribution < -0.4 is 10.1 Å². The SMILES string of the molecule is COc1cccc2c1C(=O)c1c(O)c3c(c(O)c1C2=O)C[C@@](O)(C(=O)CO)C[C@@H]3O[C@H]1C[C@H](NC(=O)C2CCC(CN3C(=O)C=CC3=O)CC2)[C@H](O)[C@H](C)O1. The lowest BCUT2D eigenvalue weighted by molar-refractivity contribution is -0.249. The normalized spacial score (nSPS) is 30.1. The summed E-state index contributed by atoms with van der Waals surface area (Å²) in [6.45, 7) is 0.751. The topological polar surface area (TPSA) is 247 Å². The Morgan fingerprint density at radius 1 is 0.982 bits per heavy atom. The highest BCUT2D eigenvalue weighted by atomic mass is 16.7. The summed E-state index contributed by atoms with van der Waals surface area (Å²) in [6, 6.07) is 3.42. The molecule has 2 aromatic rings.